The normalized spacial score (nSPS) is 11.5. The SMILES string of the molecule is CC(C)n1c(=O)[nH]c2cc(-c3noc(-c4ccccc4F)n3)ccc21. The fourth-order valence-electron chi connectivity index (χ4n) is 2.87. The molecule has 4 aromatic rings. The number of aromatic nitrogens is 4. The lowest BCUT2D eigenvalue weighted by Gasteiger charge is -2.06. The minimum atomic E-state index is -0.425. The highest BCUT2D eigenvalue weighted by Gasteiger charge is 2.16. The Kier molecular flexibility index (Phi) is 3.49. The minimum absolute atomic E-state index is 0.0462. The van der Waals surface area contributed by atoms with Crippen LogP contribution in [0.3, 0.4) is 0 Å². The third-order valence-corrected chi connectivity index (χ3v) is 4.02. The Morgan fingerprint density at radius 1 is 1.20 bits per heavy atom. The molecule has 0 unspecified atom stereocenters. The summed E-state index contributed by atoms with van der Waals surface area (Å²) >= 11 is 0. The third kappa shape index (κ3) is 2.53. The second-order valence-electron chi connectivity index (χ2n) is 6.03. The van der Waals surface area contributed by atoms with Crippen LogP contribution in [0.1, 0.15) is 19.9 Å². The van der Waals surface area contributed by atoms with E-state index in [-0.39, 0.29) is 23.2 Å². The van der Waals surface area contributed by atoms with Gasteiger partial charge in [-0.25, -0.2) is 9.18 Å². The van der Waals surface area contributed by atoms with Gasteiger partial charge in [-0.1, -0.05) is 17.3 Å². The van der Waals surface area contributed by atoms with E-state index in [1.54, 1.807) is 28.8 Å². The molecule has 0 aliphatic heterocycles. The van der Waals surface area contributed by atoms with Gasteiger partial charge in [-0.3, -0.25) is 4.57 Å². The summed E-state index contributed by atoms with van der Waals surface area (Å²) in [5, 5.41) is 3.92. The molecule has 0 spiro atoms. The molecular formula is C18H15FN4O2. The molecule has 0 radical (unpaired) electrons. The number of nitrogens with one attached hydrogen (secondary N) is 1. The average Bonchev–Trinajstić information content (AvgIpc) is 3.18. The second-order valence-corrected chi connectivity index (χ2v) is 6.03. The van der Waals surface area contributed by atoms with Crippen LogP contribution in [-0.2, 0) is 0 Å². The van der Waals surface area contributed by atoms with Crippen LogP contribution in [0.2, 0.25) is 0 Å². The molecule has 2 aromatic heterocycles. The van der Waals surface area contributed by atoms with Crippen LogP contribution < -0.4 is 5.69 Å². The first kappa shape index (κ1) is 15.3. The van der Waals surface area contributed by atoms with Crippen molar-refractivity contribution in [3.8, 4) is 22.8 Å². The fraction of sp³-hybridized carbons (Fsp3) is 0.167. The zero-order valence-electron chi connectivity index (χ0n) is 13.7. The topological polar surface area (TPSA) is 76.7 Å². The van der Waals surface area contributed by atoms with Crippen LogP contribution in [0.25, 0.3) is 33.9 Å². The number of rotatable bonds is 3. The Morgan fingerprint density at radius 3 is 2.76 bits per heavy atom. The first-order valence-corrected chi connectivity index (χ1v) is 7.88. The molecular weight excluding hydrogens is 323 g/mol. The third-order valence-electron chi connectivity index (χ3n) is 4.02. The van der Waals surface area contributed by atoms with E-state index in [1.165, 1.54) is 6.07 Å². The lowest BCUT2D eigenvalue weighted by Crippen LogP contribution is -2.18. The van der Waals surface area contributed by atoms with Gasteiger partial charge < -0.3 is 9.51 Å². The summed E-state index contributed by atoms with van der Waals surface area (Å²) in [4.78, 5) is 19.2. The Balaban J connectivity index is 1.78. The lowest BCUT2D eigenvalue weighted by molar-refractivity contribution is 0.429. The summed E-state index contributed by atoms with van der Waals surface area (Å²) in [6, 6.07) is 11.7. The van der Waals surface area contributed by atoms with Crippen molar-refractivity contribution >= 4 is 11.0 Å². The number of imidazole rings is 1. The molecule has 0 aliphatic carbocycles. The van der Waals surface area contributed by atoms with Crippen LogP contribution in [0.15, 0.2) is 51.8 Å². The molecule has 25 heavy (non-hydrogen) atoms. The maximum atomic E-state index is 13.8. The monoisotopic (exact) mass is 338 g/mol. The number of hydrogen-bond acceptors (Lipinski definition) is 4. The van der Waals surface area contributed by atoms with E-state index >= 15 is 0 Å². The number of benzene rings is 2. The Bertz CT molecular complexity index is 1120. The van der Waals surface area contributed by atoms with Gasteiger partial charge in [-0.2, -0.15) is 4.98 Å². The molecule has 0 saturated carbocycles. The van der Waals surface area contributed by atoms with E-state index in [2.05, 4.69) is 15.1 Å². The summed E-state index contributed by atoms with van der Waals surface area (Å²) in [5.74, 6) is 0.0197. The first-order valence-electron chi connectivity index (χ1n) is 7.88. The zero-order chi connectivity index (χ0) is 17.6. The van der Waals surface area contributed by atoms with E-state index in [0.717, 1.165) is 5.52 Å². The van der Waals surface area contributed by atoms with Crippen molar-refractivity contribution in [1.29, 1.82) is 0 Å². The number of nitrogens with zero attached hydrogens (tertiary/aromatic N) is 3. The number of fused-ring (bicyclic) bond motifs is 1. The van der Waals surface area contributed by atoms with Gasteiger partial charge in [0.25, 0.3) is 5.89 Å². The summed E-state index contributed by atoms with van der Waals surface area (Å²) in [6.45, 7) is 3.89. The molecule has 2 heterocycles. The van der Waals surface area contributed by atoms with Crippen LogP contribution in [-0.4, -0.2) is 19.7 Å². The number of halogens is 1. The van der Waals surface area contributed by atoms with E-state index in [0.29, 0.717) is 16.9 Å². The van der Waals surface area contributed by atoms with Gasteiger partial charge in [0.2, 0.25) is 5.82 Å². The maximum Gasteiger partial charge on any atom is 0.326 e. The van der Waals surface area contributed by atoms with E-state index in [1.807, 2.05) is 26.0 Å². The highest BCUT2D eigenvalue weighted by molar-refractivity contribution is 5.81. The van der Waals surface area contributed by atoms with E-state index in [4.69, 9.17) is 4.52 Å². The predicted molar refractivity (Wildman–Crippen MR) is 91.6 cm³/mol. The van der Waals surface area contributed by atoms with Gasteiger partial charge in [0.15, 0.2) is 0 Å². The number of H-pyrrole nitrogens is 1. The molecule has 2 aromatic carbocycles. The standard InChI is InChI=1S/C18H15FN4O2/c1-10(2)23-15-8-7-11(9-14(15)20-18(23)24)16-21-17(25-22-16)12-5-3-4-6-13(12)19/h3-10H,1-2H3,(H,20,24). The lowest BCUT2D eigenvalue weighted by atomic mass is 10.2. The molecule has 0 amide bonds. The maximum absolute atomic E-state index is 13.8. The molecule has 7 heteroatoms. The van der Waals surface area contributed by atoms with E-state index in [9.17, 15) is 9.18 Å². The largest absolute Gasteiger partial charge is 0.334 e. The molecule has 126 valence electrons. The van der Waals surface area contributed by atoms with Gasteiger partial charge in [-0.05, 0) is 44.2 Å². The van der Waals surface area contributed by atoms with Crippen molar-refractivity contribution in [2.75, 3.05) is 0 Å². The Hall–Kier alpha value is -3.22. The van der Waals surface area contributed by atoms with Crippen molar-refractivity contribution in [3.05, 3.63) is 58.8 Å². The summed E-state index contributed by atoms with van der Waals surface area (Å²) in [5.41, 5.74) is 2.26. The summed E-state index contributed by atoms with van der Waals surface area (Å²) in [6.07, 6.45) is 0. The smallest absolute Gasteiger partial charge is 0.326 e. The minimum Gasteiger partial charge on any atom is -0.334 e. The molecule has 0 fully saturated rings. The number of hydrogen-bond donors (Lipinski definition) is 1. The van der Waals surface area contributed by atoms with Gasteiger partial charge in [0.05, 0.1) is 16.6 Å². The predicted octanol–water partition coefficient (Wildman–Crippen LogP) is 3.77. The van der Waals surface area contributed by atoms with Crippen molar-refractivity contribution < 1.29 is 8.91 Å². The highest BCUT2D eigenvalue weighted by atomic mass is 19.1. The first-order chi connectivity index (χ1) is 12.0. The Labute approximate surface area is 141 Å². The van der Waals surface area contributed by atoms with Gasteiger partial charge in [0.1, 0.15) is 5.82 Å². The molecule has 6 nitrogen and oxygen atoms in total. The van der Waals surface area contributed by atoms with Crippen molar-refractivity contribution in [3.63, 3.8) is 0 Å². The van der Waals surface area contributed by atoms with Crippen LogP contribution >= 0.6 is 0 Å². The molecule has 1 N–H and O–H groups in total. The van der Waals surface area contributed by atoms with Crippen LogP contribution in [0, 0.1) is 5.82 Å². The van der Waals surface area contributed by atoms with Crippen molar-refractivity contribution in [2.45, 2.75) is 19.9 Å². The van der Waals surface area contributed by atoms with Gasteiger partial charge >= 0.3 is 5.69 Å². The zero-order valence-corrected chi connectivity index (χ0v) is 13.7. The second kappa shape index (κ2) is 5.70. The van der Waals surface area contributed by atoms with Crippen LogP contribution in [0.4, 0.5) is 4.39 Å². The average molecular weight is 338 g/mol. The highest BCUT2D eigenvalue weighted by Crippen LogP contribution is 2.26. The summed E-state index contributed by atoms with van der Waals surface area (Å²) in [7, 11) is 0. The van der Waals surface area contributed by atoms with Crippen LogP contribution in [0.5, 0.6) is 0 Å². The molecule has 0 atom stereocenters. The van der Waals surface area contributed by atoms with Crippen molar-refractivity contribution in [2.24, 2.45) is 0 Å². The molecule has 0 bridgehead atoms. The molecule has 0 aliphatic rings. The quantitative estimate of drug-likeness (QED) is 0.617. The van der Waals surface area contributed by atoms with E-state index < -0.39 is 5.82 Å². The van der Waals surface area contributed by atoms with Gasteiger partial charge in [0, 0.05) is 11.6 Å². The molecule has 4 rings (SSSR count). The molecule has 0 saturated heterocycles. The van der Waals surface area contributed by atoms with Crippen molar-refractivity contribution in [1.82, 2.24) is 19.7 Å². The number of aromatic amines is 1. The van der Waals surface area contributed by atoms with Gasteiger partial charge in [-0.15, -0.1) is 0 Å². The Morgan fingerprint density at radius 2 is 2.00 bits per heavy atom. The fourth-order valence-corrected chi connectivity index (χ4v) is 2.87. The summed E-state index contributed by atoms with van der Waals surface area (Å²) < 4.78 is 20.7.